The zero-order valence-corrected chi connectivity index (χ0v) is 44.0. The number of aliphatic hydroxyl groups is 1. The molecule has 0 rings (SSSR count). The minimum atomic E-state index is -4.31. The van der Waals surface area contributed by atoms with Gasteiger partial charge in [-0.05, 0) is 12.8 Å². The summed E-state index contributed by atoms with van der Waals surface area (Å²) in [6.45, 7) is 4.91. The highest BCUT2D eigenvalue weighted by atomic mass is 31.2. The predicted octanol–water partition coefficient (Wildman–Crippen LogP) is 16.5. The molecule has 0 aliphatic heterocycles. The molecule has 0 spiro atoms. The van der Waals surface area contributed by atoms with Crippen molar-refractivity contribution < 1.29 is 32.9 Å². The first-order valence-electron chi connectivity index (χ1n) is 27.9. The number of carbonyl (C=O) groups excluding carboxylic acids is 1. The van der Waals surface area contributed by atoms with E-state index in [9.17, 15) is 19.4 Å². The molecule has 0 radical (unpaired) electrons. The number of rotatable bonds is 52. The van der Waals surface area contributed by atoms with Gasteiger partial charge in [-0.2, -0.15) is 0 Å². The zero-order valence-electron chi connectivity index (χ0n) is 43.1. The summed E-state index contributed by atoms with van der Waals surface area (Å²) in [4.78, 5) is 23.2. The minimum absolute atomic E-state index is 0.0785. The van der Waals surface area contributed by atoms with Crippen molar-refractivity contribution in [2.24, 2.45) is 0 Å². The Bertz CT molecular complexity index is 994. The van der Waals surface area contributed by atoms with Gasteiger partial charge in [0.15, 0.2) is 0 Å². The van der Waals surface area contributed by atoms with Crippen LogP contribution in [0.15, 0.2) is 0 Å². The lowest BCUT2D eigenvalue weighted by atomic mass is 10.0. The Morgan fingerprint density at radius 3 is 1.06 bits per heavy atom. The predicted molar refractivity (Wildman–Crippen MR) is 272 cm³/mol. The SMILES string of the molecule is CCCCCCCCCCCCCCCCCCCCCCCCCCCCCCCCCC(=O)N[C@@H](COP(=O)(O)OCC[N+](C)(C)C)[C@H](O)CCCCCCCCCCCC. The molecule has 3 N–H and O–H groups in total. The van der Waals surface area contributed by atoms with Crippen LogP contribution < -0.4 is 5.32 Å². The Kier molecular flexibility index (Phi) is 46.2. The van der Waals surface area contributed by atoms with Crippen molar-refractivity contribution in [1.82, 2.24) is 5.32 Å². The number of quaternary nitrogens is 1. The Balaban J connectivity index is 3.90. The maximum Gasteiger partial charge on any atom is 0.472 e. The van der Waals surface area contributed by atoms with Crippen LogP contribution in [0.5, 0.6) is 0 Å². The molecule has 0 aromatic heterocycles. The summed E-state index contributed by atoms with van der Waals surface area (Å²) in [6, 6.07) is -0.753. The van der Waals surface area contributed by atoms with E-state index in [1.807, 2.05) is 21.1 Å². The van der Waals surface area contributed by atoms with E-state index in [0.717, 1.165) is 38.5 Å². The van der Waals surface area contributed by atoms with Gasteiger partial charge < -0.3 is 19.8 Å². The second-order valence-corrected chi connectivity index (χ2v) is 22.1. The number of phosphoric ester groups is 1. The molecule has 0 heterocycles. The molecule has 0 saturated heterocycles. The lowest BCUT2D eigenvalue weighted by molar-refractivity contribution is -0.870. The van der Waals surface area contributed by atoms with Crippen LogP contribution in [0.25, 0.3) is 0 Å². The first-order chi connectivity index (χ1) is 30.5. The summed E-state index contributed by atoms with van der Waals surface area (Å²) in [5, 5.41) is 14.0. The van der Waals surface area contributed by atoms with Crippen molar-refractivity contribution in [3.8, 4) is 0 Å². The second kappa shape index (κ2) is 46.6. The summed E-state index contributed by atoms with van der Waals surface area (Å²) in [5.41, 5.74) is 0. The van der Waals surface area contributed by atoms with Crippen LogP contribution in [0.3, 0.4) is 0 Å². The van der Waals surface area contributed by atoms with Crippen molar-refractivity contribution in [2.75, 3.05) is 40.9 Å². The van der Waals surface area contributed by atoms with Gasteiger partial charge in [-0.1, -0.05) is 271 Å². The Morgan fingerprint density at radius 1 is 0.476 bits per heavy atom. The minimum Gasteiger partial charge on any atom is -0.391 e. The molecule has 0 aromatic carbocycles. The van der Waals surface area contributed by atoms with Gasteiger partial charge in [0.1, 0.15) is 13.2 Å². The largest absolute Gasteiger partial charge is 0.472 e. The number of nitrogens with zero attached hydrogens (tertiary/aromatic N) is 1. The Morgan fingerprint density at radius 2 is 0.762 bits per heavy atom. The molecular formula is C54H112N2O6P+. The molecule has 3 atom stereocenters. The quantitative estimate of drug-likeness (QED) is 0.0319. The van der Waals surface area contributed by atoms with Gasteiger partial charge in [-0.15, -0.1) is 0 Å². The molecule has 63 heavy (non-hydrogen) atoms. The van der Waals surface area contributed by atoms with Gasteiger partial charge >= 0.3 is 7.82 Å². The van der Waals surface area contributed by atoms with Gasteiger partial charge in [0.2, 0.25) is 5.91 Å². The molecule has 0 fully saturated rings. The molecular weight excluding hydrogens is 804 g/mol. The van der Waals surface area contributed by atoms with E-state index < -0.39 is 20.0 Å². The van der Waals surface area contributed by atoms with Crippen molar-refractivity contribution in [1.29, 1.82) is 0 Å². The maximum absolute atomic E-state index is 12.9. The van der Waals surface area contributed by atoms with E-state index in [2.05, 4.69) is 19.2 Å². The van der Waals surface area contributed by atoms with Crippen LogP contribution >= 0.6 is 7.82 Å². The molecule has 0 saturated carbocycles. The summed E-state index contributed by atoms with van der Waals surface area (Å²) < 4.78 is 23.7. The first kappa shape index (κ1) is 62.5. The second-order valence-electron chi connectivity index (χ2n) is 20.7. The molecule has 0 aliphatic carbocycles. The van der Waals surface area contributed by atoms with Crippen LogP contribution in [-0.4, -0.2) is 73.4 Å². The van der Waals surface area contributed by atoms with Crippen LogP contribution in [0.1, 0.15) is 290 Å². The summed E-state index contributed by atoms with van der Waals surface area (Å²) in [7, 11) is 1.63. The van der Waals surface area contributed by atoms with E-state index in [4.69, 9.17) is 9.05 Å². The van der Waals surface area contributed by atoms with Gasteiger partial charge in [0, 0.05) is 6.42 Å². The van der Waals surface area contributed by atoms with E-state index >= 15 is 0 Å². The number of phosphoric acid groups is 1. The molecule has 1 unspecified atom stereocenters. The van der Waals surface area contributed by atoms with Crippen LogP contribution in [0.4, 0.5) is 0 Å². The summed E-state index contributed by atoms with van der Waals surface area (Å²) in [5.74, 6) is -0.139. The number of aliphatic hydroxyl groups excluding tert-OH is 1. The number of likely N-dealkylation sites (N-methyl/N-ethyl adjacent to an activating group) is 1. The summed E-state index contributed by atoms with van der Waals surface area (Å²) >= 11 is 0. The highest BCUT2D eigenvalue weighted by Crippen LogP contribution is 2.43. The number of unbranched alkanes of at least 4 members (excludes halogenated alkanes) is 39. The third-order valence-electron chi connectivity index (χ3n) is 13.1. The van der Waals surface area contributed by atoms with Crippen LogP contribution in [0, 0.1) is 0 Å². The maximum atomic E-state index is 12.9. The molecule has 1 amide bonds. The molecule has 8 nitrogen and oxygen atoms in total. The lowest BCUT2D eigenvalue weighted by Gasteiger charge is -2.26. The average Bonchev–Trinajstić information content (AvgIpc) is 3.24. The fourth-order valence-electron chi connectivity index (χ4n) is 8.70. The van der Waals surface area contributed by atoms with Gasteiger partial charge in [0.05, 0.1) is 39.9 Å². The van der Waals surface area contributed by atoms with Gasteiger partial charge in [-0.3, -0.25) is 13.8 Å². The fraction of sp³-hybridized carbons (Fsp3) is 0.981. The first-order valence-corrected chi connectivity index (χ1v) is 29.4. The highest BCUT2D eigenvalue weighted by molar-refractivity contribution is 7.47. The number of hydrogen-bond acceptors (Lipinski definition) is 5. The van der Waals surface area contributed by atoms with E-state index in [1.165, 1.54) is 225 Å². The normalized spacial score (nSPS) is 14.0. The van der Waals surface area contributed by atoms with Crippen LogP contribution in [-0.2, 0) is 18.4 Å². The number of hydrogen-bond donors (Lipinski definition) is 3. The van der Waals surface area contributed by atoms with E-state index in [-0.39, 0.29) is 19.1 Å². The van der Waals surface area contributed by atoms with Crippen molar-refractivity contribution in [3.05, 3.63) is 0 Å². The molecule has 0 aromatic rings. The Hall–Kier alpha value is -0.500. The zero-order chi connectivity index (χ0) is 46.4. The fourth-order valence-corrected chi connectivity index (χ4v) is 9.43. The van der Waals surface area contributed by atoms with Crippen molar-refractivity contribution in [2.45, 2.75) is 302 Å². The number of nitrogens with one attached hydrogen (secondary N) is 1. The highest BCUT2D eigenvalue weighted by Gasteiger charge is 2.28. The van der Waals surface area contributed by atoms with Gasteiger partial charge in [0.25, 0.3) is 0 Å². The monoisotopic (exact) mass is 916 g/mol. The molecule has 9 heteroatoms. The molecule has 0 bridgehead atoms. The van der Waals surface area contributed by atoms with E-state index in [0.29, 0.717) is 23.9 Å². The topological polar surface area (TPSA) is 105 Å². The van der Waals surface area contributed by atoms with Gasteiger partial charge in [-0.25, -0.2) is 4.57 Å². The molecule has 0 aliphatic rings. The standard InChI is InChI=1S/C54H111N2O6P/c1-6-8-10-12-14-16-18-19-20-21-22-23-24-25-26-27-28-29-30-31-32-33-34-35-36-37-38-40-42-44-46-48-54(58)55-52(51-62-63(59,60)61-50-49-56(3,4)5)53(57)47-45-43-41-39-17-15-13-11-9-7-2/h52-53,57H,6-51H2,1-5H3,(H-,55,58,59,60)/p+1/t52-,53+/m0/s1. The van der Waals surface area contributed by atoms with Crippen molar-refractivity contribution >= 4 is 13.7 Å². The number of carbonyl (C=O) groups is 1. The molecule has 378 valence electrons. The number of amides is 1. The smallest absolute Gasteiger partial charge is 0.391 e. The Labute approximate surface area is 393 Å². The van der Waals surface area contributed by atoms with Crippen molar-refractivity contribution in [3.63, 3.8) is 0 Å². The average molecular weight is 916 g/mol. The third kappa shape index (κ3) is 49.2. The third-order valence-corrected chi connectivity index (χ3v) is 14.1. The summed E-state index contributed by atoms with van der Waals surface area (Å²) in [6.07, 6.45) is 54.7. The lowest BCUT2D eigenvalue weighted by Crippen LogP contribution is -2.46. The van der Waals surface area contributed by atoms with Crippen LogP contribution in [0.2, 0.25) is 0 Å². The van der Waals surface area contributed by atoms with E-state index in [1.54, 1.807) is 0 Å².